The predicted octanol–water partition coefficient (Wildman–Crippen LogP) is 3.47. The Morgan fingerprint density at radius 2 is 2.05 bits per heavy atom. The van der Waals surface area contributed by atoms with Gasteiger partial charge in [-0.1, -0.05) is 25.1 Å². The van der Waals surface area contributed by atoms with Crippen LogP contribution in [0.25, 0.3) is 0 Å². The highest BCUT2D eigenvalue weighted by molar-refractivity contribution is 5.31. The van der Waals surface area contributed by atoms with Gasteiger partial charge in [-0.05, 0) is 24.0 Å². The highest BCUT2D eigenvalue weighted by atomic mass is 19.4. The van der Waals surface area contributed by atoms with E-state index in [9.17, 15) is 13.2 Å². The zero-order valence-electron chi connectivity index (χ0n) is 11.7. The Labute approximate surface area is 120 Å². The zero-order valence-corrected chi connectivity index (χ0v) is 11.7. The summed E-state index contributed by atoms with van der Waals surface area (Å²) >= 11 is 0. The summed E-state index contributed by atoms with van der Waals surface area (Å²) in [6.07, 6.45) is -2.35. The van der Waals surface area contributed by atoms with E-state index < -0.39 is 11.7 Å². The molecule has 0 amide bonds. The van der Waals surface area contributed by atoms with E-state index in [-0.39, 0.29) is 12.0 Å². The molecule has 112 valence electrons. The molecule has 0 spiro atoms. The maximum Gasteiger partial charge on any atom is 0.416 e. The number of rotatable bonds is 2. The first-order valence-electron chi connectivity index (χ1n) is 7.01. The number of aryl methyl sites for hydroxylation is 1. The lowest BCUT2D eigenvalue weighted by atomic mass is 10.0. The molecule has 2 heterocycles. The van der Waals surface area contributed by atoms with Crippen LogP contribution in [0.4, 0.5) is 13.2 Å². The van der Waals surface area contributed by atoms with Gasteiger partial charge in [0, 0.05) is 19.4 Å². The van der Waals surface area contributed by atoms with Crippen LogP contribution in [0.5, 0.6) is 0 Å². The molecule has 0 saturated heterocycles. The van der Waals surface area contributed by atoms with E-state index in [0.29, 0.717) is 11.7 Å². The molecule has 0 fully saturated rings. The molecule has 6 heteroatoms. The van der Waals surface area contributed by atoms with E-state index in [1.165, 1.54) is 12.1 Å². The number of hydrogen-bond donors (Lipinski definition) is 0. The van der Waals surface area contributed by atoms with E-state index in [4.69, 9.17) is 0 Å². The number of aromatic nitrogens is 3. The normalized spacial score (nSPS) is 18.6. The van der Waals surface area contributed by atoms with E-state index in [2.05, 4.69) is 17.0 Å². The van der Waals surface area contributed by atoms with Crippen LogP contribution >= 0.6 is 0 Å². The highest BCUT2D eigenvalue weighted by Crippen LogP contribution is 2.32. The fourth-order valence-electron chi connectivity index (χ4n) is 2.71. The molecule has 21 heavy (non-hydrogen) atoms. The Morgan fingerprint density at radius 1 is 1.29 bits per heavy atom. The average molecular weight is 295 g/mol. The third-order valence-electron chi connectivity index (χ3n) is 3.83. The second-order valence-corrected chi connectivity index (χ2v) is 5.60. The molecule has 1 aromatic carbocycles. The Bertz CT molecular complexity index is 646. The largest absolute Gasteiger partial charge is 0.416 e. The molecule has 1 atom stereocenters. The van der Waals surface area contributed by atoms with E-state index >= 15 is 0 Å². The van der Waals surface area contributed by atoms with E-state index in [1.807, 2.05) is 4.68 Å². The van der Waals surface area contributed by atoms with Gasteiger partial charge in [-0.25, -0.2) is 9.67 Å². The smallest absolute Gasteiger partial charge is 0.250 e. The van der Waals surface area contributed by atoms with Crippen molar-refractivity contribution in [3.8, 4) is 0 Å². The van der Waals surface area contributed by atoms with E-state index in [1.54, 1.807) is 6.07 Å². The van der Waals surface area contributed by atoms with Gasteiger partial charge in [-0.15, -0.1) is 0 Å². The molecule has 3 rings (SSSR count). The van der Waals surface area contributed by atoms with E-state index in [0.717, 1.165) is 31.3 Å². The van der Waals surface area contributed by atoms with Crippen LogP contribution < -0.4 is 0 Å². The quantitative estimate of drug-likeness (QED) is 0.849. The van der Waals surface area contributed by atoms with Crippen LogP contribution in [0, 0.1) is 5.92 Å². The summed E-state index contributed by atoms with van der Waals surface area (Å²) in [7, 11) is 0. The number of alkyl halides is 3. The van der Waals surface area contributed by atoms with Crippen molar-refractivity contribution >= 4 is 0 Å². The van der Waals surface area contributed by atoms with Crippen LogP contribution in [0.2, 0.25) is 0 Å². The van der Waals surface area contributed by atoms with Crippen molar-refractivity contribution in [2.75, 3.05) is 0 Å². The summed E-state index contributed by atoms with van der Waals surface area (Å²) in [4.78, 5) is 4.40. The lowest BCUT2D eigenvalue weighted by molar-refractivity contribution is -0.138. The van der Waals surface area contributed by atoms with Crippen molar-refractivity contribution in [3.05, 3.63) is 47.0 Å². The first-order valence-corrected chi connectivity index (χ1v) is 7.01. The van der Waals surface area contributed by atoms with Crippen molar-refractivity contribution in [1.82, 2.24) is 14.8 Å². The molecule has 0 N–H and O–H groups in total. The molecule has 0 saturated carbocycles. The zero-order chi connectivity index (χ0) is 15.0. The van der Waals surface area contributed by atoms with Gasteiger partial charge in [0.2, 0.25) is 0 Å². The third kappa shape index (κ3) is 2.94. The summed E-state index contributed by atoms with van der Waals surface area (Å²) in [5.41, 5.74) is -0.382. The van der Waals surface area contributed by atoms with Gasteiger partial charge in [0.05, 0.1) is 5.56 Å². The summed E-state index contributed by atoms with van der Waals surface area (Å²) < 4.78 is 40.8. The molecule has 1 unspecified atom stereocenters. The van der Waals surface area contributed by atoms with Crippen LogP contribution in [-0.4, -0.2) is 14.8 Å². The van der Waals surface area contributed by atoms with Crippen LogP contribution in [0.3, 0.4) is 0 Å². The van der Waals surface area contributed by atoms with Crippen LogP contribution in [0.1, 0.15) is 36.1 Å². The van der Waals surface area contributed by atoms with Crippen molar-refractivity contribution < 1.29 is 13.2 Å². The second kappa shape index (κ2) is 5.16. The highest BCUT2D eigenvalue weighted by Gasteiger charge is 2.33. The monoisotopic (exact) mass is 295 g/mol. The Morgan fingerprint density at radius 3 is 2.81 bits per heavy atom. The van der Waals surface area contributed by atoms with Gasteiger partial charge in [0.25, 0.3) is 0 Å². The average Bonchev–Trinajstić information content (AvgIpc) is 2.79. The summed E-state index contributed by atoms with van der Waals surface area (Å²) in [5.74, 6) is 1.90. The van der Waals surface area contributed by atoms with Crippen LogP contribution in [0.15, 0.2) is 24.3 Å². The standard InChI is InChI=1S/C15H16F3N3/c1-10-6-7-21-14(8-10)19-13(20-21)9-11-4-2-3-5-12(11)15(16,17)18/h2-5,10H,6-9H2,1H3. The van der Waals surface area contributed by atoms with Crippen molar-refractivity contribution in [3.63, 3.8) is 0 Å². The first-order chi connectivity index (χ1) is 9.93. The lowest BCUT2D eigenvalue weighted by Crippen LogP contribution is -2.18. The maximum absolute atomic E-state index is 13.0. The molecule has 0 radical (unpaired) electrons. The number of benzene rings is 1. The minimum Gasteiger partial charge on any atom is -0.250 e. The van der Waals surface area contributed by atoms with Gasteiger partial charge in [-0.3, -0.25) is 0 Å². The maximum atomic E-state index is 13.0. The van der Waals surface area contributed by atoms with Crippen molar-refractivity contribution in [2.24, 2.45) is 5.92 Å². The van der Waals surface area contributed by atoms with Crippen LogP contribution in [-0.2, 0) is 25.6 Å². The van der Waals surface area contributed by atoms with Crippen molar-refractivity contribution in [2.45, 2.75) is 38.9 Å². The van der Waals surface area contributed by atoms with Gasteiger partial charge in [-0.2, -0.15) is 18.3 Å². The molecule has 1 aliphatic rings. The SMILES string of the molecule is CC1CCn2nc(Cc3ccccc3C(F)(F)F)nc2C1. The molecule has 3 nitrogen and oxygen atoms in total. The number of nitrogens with zero attached hydrogens (tertiary/aromatic N) is 3. The first kappa shape index (κ1) is 14.1. The summed E-state index contributed by atoms with van der Waals surface area (Å²) in [6.45, 7) is 2.95. The van der Waals surface area contributed by atoms with Gasteiger partial charge in [0.15, 0.2) is 5.82 Å². The topological polar surface area (TPSA) is 30.7 Å². The number of halogens is 3. The van der Waals surface area contributed by atoms with Gasteiger partial charge < -0.3 is 0 Å². The van der Waals surface area contributed by atoms with Gasteiger partial charge >= 0.3 is 6.18 Å². The predicted molar refractivity (Wildman–Crippen MR) is 71.8 cm³/mol. The number of hydrogen-bond acceptors (Lipinski definition) is 2. The molecule has 1 aliphatic heterocycles. The molecule has 2 aromatic rings. The Balaban J connectivity index is 1.88. The molecule has 0 bridgehead atoms. The fourth-order valence-corrected chi connectivity index (χ4v) is 2.71. The molecule has 1 aromatic heterocycles. The molecular formula is C15H16F3N3. The van der Waals surface area contributed by atoms with Crippen molar-refractivity contribution in [1.29, 1.82) is 0 Å². The molecular weight excluding hydrogens is 279 g/mol. The number of fused-ring (bicyclic) bond motifs is 1. The summed E-state index contributed by atoms with van der Waals surface area (Å²) in [5, 5.41) is 4.34. The lowest BCUT2D eigenvalue weighted by Gasteiger charge is -2.17. The minimum atomic E-state index is -4.34. The minimum absolute atomic E-state index is 0.115. The third-order valence-corrected chi connectivity index (χ3v) is 3.83. The summed E-state index contributed by atoms with van der Waals surface area (Å²) in [6, 6.07) is 5.61. The van der Waals surface area contributed by atoms with Gasteiger partial charge in [0.1, 0.15) is 5.82 Å². The fraction of sp³-hybridized carbons (Fsp3) is 0.467. The Hall–Kier alpha value is -1.85. The Kier molecular flexibility index (Phi) is 3.47. The molecule has 0 aliphatic carbocycles. The second-order valence-electron chi connectivity index (χ2n) is 5.60.